The van der Waals surface area contributed by atoms with E-state index < -0.39 is 5.79 Å². The van der Waals surface area contributed by atoms with Gasteiger partial charge in [-0.05, 0) is 12.0 Å². The second-order valence-corrected chi connectivity index (χ2v) is 10.5. The van der Waals surface area contributed by atoms with Gasteiger partial charge in [0.2, 0.25) is 11.5 Å². The highest BCUT2D eigenvalue weighted by molar-refractivity contribution is 5.68. The zero-order chi connectivity index (χ0) is 30.8. The summed E-state index contributed by atoms with van der Waals surface area (Å²) in [6.07, 6.45) is 4.83. The summed E-state index contributed by atoms with van der Waals surface area (Å²) >= 11 is 0. The fourth-order valence-electron chi connectivity index (χ4n) is 6.41. The molecule has 0 unspecified atom stereocenters. The maximum absolute atomic E-state index is 7.12. The highest BCUT2D eigenvalue weighted by Crippen LogP contribution is 2.63. The summed E-state index contributed by atoms with van der Waals surface area (Å²) in [4.78, 5) is 0. The minimum Gasteiger partial charge on any atom is -0.496 e. The molecule has 8 heteroatoms. The van der Waals surface area contributed by atoms with Crippen LogP contribution in [0.3, 0.4) is 0 Å². The van der Waals surface area contributed by atoms with E-state index in [2.05, 4.69) is 24.3 Å². The van der Waals surface area contributed by atoms with E-state index in [1.807, 2.05) is 60.7 Å². The van der Waals surface area contributed by atoms with Crippen LogP contribution >= 0.6 is 0 Å². The minimum absolute atomic E-state index is 0.264. The number of hydrogen-bond acceptors (Lipinski definition) is 8. The van der Waals surface area contributed by atoms with Gasteiger partial charge in [0.25, 0.3) is 5.79 Å². The van der Waals surface area contributed by atoms with Crippen molar-refractivity contribution in [2.24, 2.45) is 5.92 Å². The van der Waals surface area contributed by atoms with Crippen molar-refractivity contribution in [1.29, 1.82) is 0 Å². The summed E-state index contributed by atoms with van der Waals surface area (Å²) in [5, 5.41) is 0. The largest absolute Gasteiger partial charge is 0.496 e. The summed E-state index contributed by atoms with van der Waals surface area (Å²) in [5.74, 6) is 2.22. The second kappa shape index (κ2) is 12.0. The van der Waals surface area contributed by atoms with Crippen molar-refractivity contribution < 1.29 is 37.9 Å². The van der Waals surface area contributed by atoms with E-state index in [-0.39, 0.29) is 11.8 Å². The molecule has 8 nitrogen and oxygen atoms in total. The fourth-order valence-corrected chi connectivity index (χ4v) is 6.41. The van der Waals surface area contributed by atoms with Crippen molar-refractivity contribution >= 4 is 6.08 Å². The molecular formula is C36H36O8. The predicted molar refractivity (Wildman–Crippen MR) is 167 cm³/mol. The van der Waals surface area contributed by atoms with Gasteiger partial charge in [0.1, 0.15) is 11.5 Å². The Morgan fingerprint density at radius 1 is 0.636 bits per heavy atom. The minimum atomic E-state index is -1.32. The molecule has 2 aliphatic rings. The molecule has 3 atom stereocenters. The quantitative estimate of drug-likeness (QED) is 0.204. The average Bonchev–Trinajstić information content (AvgIpc) is 3.08. The van der Waals surface area contributed by atoms with Gasteiger partial charge in [-0.3, -0.25) is 0 Å². The van der Waals surface area contributed by atoms with Crippen molar-refractivity contribution in [1.82, 2.24) is 0 Å². The molecular weight excluding hydrogens is 560 g/mol. The SMILES string of the molecule is COc1cc(OC)c(OC)c2c1C[C@H]1[C@@H](/C=C/c3ccccc3)c3c(OC)cc(OC)c(OC)c3O[C@@]1(c1ccccc1)O2. The van der Waals surface area contributed by atoms with Crippen LogP contribution in [-0.2, 0) is 12.2 Å². The third-order valence-electron chi connectivity index (χ3n) is 8.41. The molecule has 0 amide bonds. The summed E-state index contributed by atoms with van der Waals surface area (Å²) in [5.41, 5.74) is 3.57. The molecule has 2 aliphatic heterocycles. The van der Waals surface area contributed by atoms with E-state index in [0.29, 0.717) is 52.4 Å². The molecule has 2 heterocycles. The molecule has 0 saturated carbocycles. The van der Waals surface area contributed by atoms with Crippen LogP contribution in [0.2, 0.25) is 0 Å². The Kier molecular flexibility index (Phi) is 7.91. The van der Waals surface area contributed by atoms with Crippen LogP contribution in [0.15, 0.2) is 78.9 Å². The molecule has 0 spiro atoms. The molecule has 44 heavy (non-hydrogen) atoms. The van der Waals surface area contributed by atoms with Crippen molar-refractivity contribution in [3.8, 4) is 46.0 Å². The third-order valence-corrected chi connectivity index (χ3v) is 8.41. The smallest absolute Gasteiger partial charge is 0.282 e. The van der Waals surface area contributed by atoms with E-state index in [4.69, 9.17) is 37.9 Å². The number of methoxy groups -OCH3 is 6. The summed E-state index contributed by atoms with van der Waals surface area (Å²) in [6.45, 7) is 0. The van der Waals surface area contributed by atoms with Crippen molar-refractivity contribution in [2.45, 2.75) is 18.1 Å². The highest BCUT2D eigenvalue weighted by atomic mass is 16.7. The Morgan fingerprint density at radius 2 is 1.18 bits per heavy atom. The number of rotatable bonds is 9. The zero-order valence-electron chi connectivity index (χ0n) is 25.7. The van der Waals surface area contributed by atoms with Crippen LogP contribution in [0.4, 0.5) is 0 Å². The fraction of sp³-hybridized carbons (Fsp3) is 0.278. The monoisotopic (exact) mass is 596 g/mol. The first-order valence-corrected chi connectivity index (χ1v) is 14.3. The number of benzene rings is 4. The lowest BCUT2D eigenvalue weighted by atomic mass is 9.70. The van der Waals surface area contributed by atoms with Gasteiger partial charge in [0.05, 0.1) is 48.6 Å². The summed E-state index contributed by atoms with van der Waals surface area (Å²) < 4.78 is 49.4. The topological polar surface area (TPSA) is 73.8 Å². The molecule has 6 rings (SSSR count). The molecule has 0 N–H and O–H groups in total. The summed E-state index contributed by atoms with van der Waals surface area (Å²) in [7, 11) is 9.65. The Labute approximate surface area is 257 Å². The number of allylic oxidation sites excluding steroid dienone is 1. The normalized spacial score (nSPS) is 19.9. The standard InChI is InChI=1S/C36H36O8/c1-37-27-20-29(39-3)33(41-5)32-25(27)19-26-24(18-17-22-13-9-7-10-14-22)31-28(38-2)21-30(40-4)34(42-6)35(31)44-36(26,43-32)23-15-11-8-12-16-23/h7-18,20-21,24,26H,19H2,1-6H3/b18-17+/t24-,26+,36-/m1/s1. The van der Waals surface area contributed by atoms with Crippen molar-refractivity contribution in [3.63, 3.8) is 0 Å². The Hall–Kier alpha value is -4.98. The Balaban J connectivity index is 1.69. The first kappa shape index (κ1) is 29.1. The van der Waals surface area contributed by atoms with Gasteiger partial charge < -0.3 is 37.9 Å². The molecule has 0 radical (unpaired) electrons. The second-order valence-electron chi connectivity index (χ2n) is 10.5. The molecule has 4 aromatic carbocycles. The van der Waals surface area contributed by atoms with Gasteiger partial charge in [-0.15, -0.1) is 0 Å². The van der Waals surface area contributed by atoms with E-state index in [0.717, 1.165) is 22.3 Å². The van der Waals surface area contributed by atoms with E-state index >= 15 is 0 Å². The van der Waals surface area contributed by atoms with Crippen molar-refractivity contribution in [2.75, 3.05) is 42.7 Å². The predicted octanol–water partition coefficient (Wildman–Crippen LogP) is 7.03. The molecule has 0 aliphatic carbocycles. The van der Waals surface area contributed by atoms with Gasteiger partial charge in [-0.2, -0.15) is 0 Å². The first-order chi connectivity index (χ1) is 21.5. The lowest BCUT2D eigenvalue weighted by molar-refractivity contribution is -0.189. The Bertz CT molecular complexity index is 1670. The lowest BCUT2D eigenvalue weighted by Gasteiger charge is -2.51. The zero-order valence-corrected chi connectivity index (χ0v) is 25.7. The Morgan fingerprint density at radius 3 is 1.77 bits per heavy atom. The molecule has 0 fully saturated rings. The third kappa shape index (κ3) is 4.61. The van der Waals surface area contributed by atoms with E-state index in [1.54, 1.807) is 42.7 Å². The first-order valence-electron chi connectivity index (χ1n) is 14.3. The molecule has 4 aromatic rings. The number of ether oxygens (including phenoxy) is 8. The molecule has 0 saturated heterocycles. The molecule has 0 aromatic heterocycles. The van der Waals surface area contributed by atoms with Gasteiger partial charge in [0, 0.05) is 34.7 Å². The van der Waals surface area contributed by atoms with Gasteiger partial charge in [0.15, 0.2) is 23.0 Å². The number of fused-ring (bicyclic) bond motifs is 3. The van der Waals surface area contributed by atoms with E-state index in [9.17, 15) is 0 Å². The van der Waals surface area contributed by atoms with Crippen LogP contribution in [0.1, 0.15) is 28.2 Å². The van der Waals surface area contributed by atoms with Gasteiger partial charge in [-0.25, -0.2) is 0 Å². The van der Waals surface area contributed by atoms with Crippen LogP contribution in [0, 0.1) is 5.92 Å². The van der Waals surface area contributed by atoms with Gasteiger partial charge in [-0.1, -0.05) is 72.8 Å². The van der Waals surface area contributed by atoms with E-state index in [1.165, 1.54) is 0 Å². The molecule has 228 valence electrons. The van der Waals surface area contributed by atoms with Crippen LogP contribution in [0.25, 0.3) is 6.08 Å². The maximum Gasteiger partial charge on any atom is 0.282 e. The van der Waals surface area contributed by atoms with Crippen LogP contribution in [-0.4, -0.2) is 42.7 Å². The average molecular weight is 597 g/mol. The van der Waals surface area contributed by atoms with Crippen LogP contribution in [0.5, 0.6) is 46.0 Å². The lowest BCUT2D eigenvalue weighted by Crippen LogP contribution is -2.54. The van der Waals surface area contributed by atoms with Gasteiger partial charge >= 0.3 is 0 Å². The molecule has 0 bridgehead atoms. The maximum atomic E-state index is 7.12. The van der Waals surface area contributed by atoms with Crippen LogP contribution < -0.4 is 37.9 Å². The highest BCUT2D eigenvalue weighted by Gasteiger charge is 2.58. The van der Waals surface area contributed by atoms with Crippen molar-refractivity contribution in [3.05, 3.63) is 101 Å². The summed E-state index contributed by atoms with van der Waals surface area (Å²) in [6, 6.07) is 23.8. The number of hydrogen-bond donors (Lipinski definition) is 0.